The molecule has 0 aliphatic rings. The lowest BCUT2D eigenvalue weighted by Crippen LogP contribution is -2.34. The van der Waals surface area contributed by atoms with Crippen LogP contribution in [0.4, 0.5) is 0 Å². The number of aliphatic hydroxyl groups excluding tert-OH is 1. The molecule has 0 saturated heterocycles. The number of fused-ring (bicyclic) bond motifs is 3. The number of carbonyl (C=O) groups is 1. The van der Waals surface area contributed by atoms with Gasteiger partial charge in [-0.1, -0.05) is 50.2 Å². The topological polar surface area (TPSA) is 110 Å². The largest absolute Gasteiger partial charge is 0.494 e. The van der Waals surface area contributed by atoms with E-state index in [2.05, 4.69) is 41.5 Å². The van der Waals surface area contributed by atoms with E-state index in [1.54, 1.807) is 0 Å². The number of aromatic nitrogens is 1. The third-order valence-corrected chi connectivity index (χ3v) is 6.93. The van der Waals surface area contributed by atoms with Crippen molar-refractivity contribution in [1.82, 2.24) is 10.3 Å². The summed E-state index contributed by atoms with van der Waals surface area (Å²) in [6.45, 7) is 6.10. The van der Waals surface area contributed by atoms with Crippen LogP contribution >= 0.6 is 0 Å². The van der Waals surface area contributed by atoms with Crippen LogP contribution in [0.2, 0.25) is 0 Å². The van der Waals surface area contributed by atoms with E-state index >= 15 is 0 Å². The summed E-state index contributed by atoms with van der Waals surface area (Å²) >= 11 is 0. The van der Waals surface area contributed by atoms with Gasteiger partial charge in [0.25, 0.3) is 0 Å². The average molecular weight is 518 g/mol. The Bertz CT molecular complexity index is 1320. The summed E-state index contributed by atoms with van der Waals surface area (Å²) in [4.78, 5) is 14.8. The second-order valence-electron chi connectivity index (χ2n) is 10.1. The SMILES string of the molecule is CCC(CCOc1ccc(CC(C)CNCC(O)COc2cccc3[nH]c4ccccc4c23)cc1)C(N)=O. The summed E-state index contributed by atoms with van der Waals surface area (Å²) in [5.74, 6) is 1.57. The van der Waals surface area contributed by atoms with E-state index in [1.807, 2.05) is 49.4 Å². The molecule has 3 atom stereocenters. The Hall–Kier alpha value is -3.55. The maximum Gasteiger partial charge on any atom is 0.220 e. The lowest BCUT2D eigenvalue weighted by atomic mass is 10.0. The standard InChI is InChI=1S/C31H39N3O4/c1-3-23(31(32)36)15-16-37-25-13-11-22(12-14-25)17-21(2)18-33-19-24(35)20-38-29-10-6-9-28-30(29)26-7-4-5-8-27(26)34-28/h4-14,21,23-24,33-35H,3,15-20H2,1-2H3,(H2,32,36). The van der Waals surface area contributed by atoms with Gasteiger partial charge in [0.05, 0.1) is 12.1 Å². The smallest absolute Gasteiger partial charge is 0.220 e. The number of H-pyrrole nitrogens is 1. The van der Waals surface area contributed by atoms with E-state index in [1.165, 1.54) is 5.56 Å². The molecule has 0 fully saturated rings. The highest BCUT2D eigenvalue weighted by molar-refractivity contribution is 6.10. The molecule has 3 unspecified atom stereocenters. The Morgan fingerprint density at radius 3 is 2.53 bits per heavy atom. The van der Waals surface area contributed by atoms with Gasteiger partial charge in [-0.05, 0) is 67.6 Å². The van der Waals surface area contributed by atoms with Gasteiger partial charge in [-0.3, -0.25) is 4.79 Å². The maximum absolute atomic E-state index is 11.3. The highest BCUT2D eigenvalue weighted by atomic mass is 16.5. The Kier molecular flexibility index (Phi) is 9.62. The van der Waals surface area contributed by atoms with Crippen LogP contribution in [0.25, 0.3) is 21.8 Å². The monoisotopic (exact) mass is 517 g/mol. The van der Waals surface area contributed by atoms with Crippen molar-refractivity contribution in [3.8, 4) is 11.5 Å². The number of amides is 1. The number of hydrogen-bond donors (Lipinski definition) is 4. The zero-order valence-corrected chi connectivity index (χ0v) is 22.3. The number of aliphatic hydroxyl groups is 1. The van der Waals surface area contributed by atoms with E-state index in [9.17, 15) is 9.90 Å². The third kappa shape index (κ3) is 7.27. The summed E-state index contributed by atoms with van der Waals surface area (Å²) in [5, 5.41) is 16.0. The number of aromatic amines is 1. The second-order valence-corrected chi connectivity index (χ2v) is 10.1. The molecule has 7 heteroatoms. The number of benzene rings is 3. The first kappa shape index (κ1) is 27.5. The second kappa shape index (κ2) is 13.3. The lowest BCUT2D eigenvalue weighted by molar-refractivity contribution is -0.122. The lowest BCUT2D eigenvalue weighted by Gasteiger charge is -2.17. The van der Waals surface area contributed by atoms with Crippen molar-refractivity contribution in [2.75, 3.05) is 26.3 Å². The number of primary amides is 1. The Morgan fingerprint density at radius 2 is 1.76 bits per heavy atom. The molecule has 4 rings (SSSR count). The molecule has 1 amide bonds. The van der Waals surface area contributed by atoms with Gasteiger partial charge in [-0.2, -0.15) is 0 Å². The molecule has 5 N–H and O–H groups in total. The Labute approximate surface area is 224 Å². The van der Waals surface area contributed by atoms with Crippen LogP contribution in [0.1, 0.15) is 32.3 Å². The summed E-state index contributed by atoms with van der Waals surface area (Å²) in [5.41, 5.74) is 8.72. The minimum Gasteiger partial charge on any atom is -0.494 e. The molecule has 4 aromatic rings. The van der Waals surface area contributed by atoms with Crippen molar-refractivity contribution in [2.45, 2.75) is 39.2 Å². The molecular formula is C31H39N3O4. The number of hydrogen-bond acceptors (Lipinski definition) is 5. The molecule has 0 aliphatic carbocycles. The highest BCUT2D eigenvalue weighted by Crippen LogP contribution is 2.33. The third-order valence-electron chi connectivity index (χ3n) is 6.93. The summed E-state index contributed by atoms with van der Waals surface area (Å²) in [6, 6.07) is 22.2. The number of para-hydroxylation sites is 1. The molecule has 0 radical (unpaired) electrons. The van der Waals surface area contributed by atoms with Crippen LogP contribution in [-0.2, 0) is 11.2 Å². The zero-order chi connectivity index (χ0) is 26.9. The first-order valence-corrected chi connectivity index (χ1v) is 13.5. The van der Waals surface area contributed by atoms with Gasteiger partial charge in [0, 0.05) is 28.8 Å². The predicted molar refractivity (Wildman–Crippen MR) is 153 cm³/mol. The van der Waals surface area contributed by atoms with Gasteiger partial charge in [-0.25, -0.2) is 0 Å². The van der Waals surface area contributed by atoms with E-state index in [0.29, 0.717) is 25.5 Å². The van der Waals surface area contributed by atoms with Crippen LogP contribution in [0.5, 0.6) is 11.5 Å². The van der Waals surface area contributed by atoms with Gasteiger partial charge < -0.3 is 30.6 Å². The van der Waals surface area contributed by atoms with Crippen molar-refractivity contribution in [3.05, 3.63) is 72.3 Å². The first-order valence-electron chi connectivity index (χ1n) is 13.5. The molecule has 202 valence electrons. The van der Waals surface area contributed by atoms with Gasteiger partial charge in [0.15, 0.2) is 0 Å². The molecule has 1 aromatic heterocycles. The molecule has 7 nitrogen and oxygen atoms in total. The van der Waals surface area contributed by atoms with Crippen LogP contribution in [0.15, 0.2) is 66.7 Å². The van der Waals surface area contributed by atoms with Crippen molar-refractivity contribution in [3.63, 3.8) is 0 Å². The maximum atomic E-state index is 11.3. The van der Waals surface area contributed by atoms with Gasteiger partial charge in [-0.15, -0.1) is 0 Å². The van der Waals surface area contributed by atoms with Crippen molar-refractivity contribution >= 4 is 27.7 Å². The van der Waals surface area contributed by atoms with Gasteiger partial charge in [0.2, 0.25) is 5.91 Å². The van der Waals surface area contributed by atoms with Crippen molar-refractivity contribution in [1.29, 1.82) is 0 Å². The molecule has 0 saturated carbocycles. The number of ether oxygens (including phenoxy) is 2. The van der Waals surface area contributed by atoms with Gasteiger partial charge >= 0.3 is 0 Å². The van der Waals surface area contributed by atoms with E-state index in [-0.39, 0.29) is 18.4 Å². The summed E-state index contributed by atoms with van der Waals surface area (Å²) in [6.07, 6.45) is 1.67. The number of nitrogens with one attached hydrogen (secondary N) is 2. The van der Waals surface area contributed by atoms with E-state index < -0.39 is 6.10 Å². The minimum atomic E-state index is -0.610. The molecule has 0 bridgehead atoms. The quantitative estimate of drug-likeness (QED) is 0.181. The van der Waals surface area contributed by atoms with Crippen LogP contribution in [0, 0.1) is 11.8 Å². The number of nitrogens with two attached hydrogens (primary N) is 1. The van der Waals surface area contributed by atoms with Crippen LogP contribution in [0.3, 0.4) is 0 Å². The summed E-state index contributed by atoms with van der Waals surface area (Å²) < 4.78 is 11.8. The van der Waals surface area contributed by atoms with E-state index in [4.69, 9.17) is 15.2 Å². The van der Waals surface area contributed by atoms with E-state index in [0.717, 1.165) is 52.7 Å². The minimum absolute atomic E-state index is 0.137. The molecular weight excluding hydrogens is 478 g/mol. The average Bonchev–Trinajstić information content (AvgIpc) is 3.30. The predicted octanol–water partition coefficient (Wildman–Crippen LogP) is 4.81. The summed E-state index contributed by atoms with van der Waals surface area (Å²) in [7, 11) is 0. The Morgan fingerprint density at radius 1 is 1.00 bits per heavy atom. The molecule has 1 heterocycles. The normalized spacial score (nSPS) is 13.9. The fraction of sp³-hybridized carbons (Fsp3) is 0.387. The Balaban J connectivity index is 1.17. The molecule has 38 heavy (non-hydrogen) atoms. The highest BCUT2D eigenvalue weighted by Gasteiger charge is 2.14. The number of carbonyl (C=O) groups excluding carboxylic acids is 1. The van der Waals surface area contributed by atoms with Crippen LogP contribution in [-0.4, -0.2) is 48.4 Å². The zero-order valence-electron chi connectivity index (χ0n) is 22.3. The molecule has 3 aromatic carbocycles. The van der Waals surface area contributed by atoms with Gasteiger partial charge in [0.1, 0.15) is 24.2 Å². The van der Waals surface area contributed by atoms with Crippen molar-refractivity contribution < 1.29 is 19.4 Å². The fourth-order valence-corrected chi connectivity index (χ4v) is 4.79. The first-order chi connectivity index (χ1) is 18.4. The molecule has 0 spiro atoms. The van der Waals surface area contributed by atoms with Crippen LogP contribution < -0.4 is 20.5 Å². The fourth-order valence-electron chi connectivity index (χ4n) is 4.79. The molecule has 0 aliphatic heterocycles. The number of rotatable bonds is 15. The van der Waals surface area contributed by atoms with Crippen molar-refractivity contribution in [2.24, 2.45) is 17.6 Å².